The van der Waals surface area contributed by atoms with E-state index < -0.39 is 6.10 Å². The first kappa shape index (κ1) is 16.7. The second-order valence-corrected chi connectivity index (χ2v) is 9.16. The van der Waals surface area contributed by atoms with Crippen molar-refractivity contribution in [2.75, 3.05) is 0 Å². The average molecular weight is 378 g/mol. The number of aliphatic hydroxyl groups excluding tert-OH is 1. The van der Waals surface area contributed by atoms with Crippen LogP contribution in [0, 0.1) is 11.3 Å². The van der Waals surface area contributed by atoms with Gasteiger partial charge in [-0.25, -0.2) is 19.2 Å². The smallest absolute Gasteiger partial charge is 0.202 e. The molecular weight excluding hydrogens is 352 g/mol. The van der Waals surface area contributed by atoms with E-state index in [1.165, 1.54) is 44.9 Å². The van der Waals surface area contributed by atoms with Crippen molar-refractivity contribution < 1.29 is 5.11 Å². The number of aliphatic hydroxyl groups is 1. The highest BCUT2D eigenvalue weighted by atomic mass is 16.3. The number of fused-ring (bicyclic) bond motifs is 1. The summed E-state index contributed by atoms with van der Waals surface area (Å²) in [5.74, 6) is 2.19. The third-order valence-corrected chi connectivity index (χ3v) is 7.57. The highest BCUT2D eigenvalue weighted by Crippen LogP contribution is 2.76. The summed E-state index contributed by atoms with van der Waals surface area (Å²) in [5.41, 5.74) is 2.21. The van der Waals surface area contributed by atoms with Crippen molar-refractivity contribution in [3.63, 3.8) is 0 Å². The fourth-order valence-corrected chi connectivity index (χ4v) is 6.21. The van der Waals surface area contributed by atoms with E-state index in [4.69, 9.17) is 10.1 Å². The molecule has 0 saturated heterocycles. The van der Waals surface area contributed by atoms with Gasteiger partial charge >= 0.3 is 0 Å². The number of hydrogen-bond donors (Lipinski definition) is 1. The van der Waals surface area contributed by atoms with Crippen molar-refractivity contribution in [2.24, 2.45) is 11.3 Å². The molecule has 7 rings (SSSR count). The lowest BCUT2D eigenvalue weighted by Gasteiger charge is -2.73. The Morgan fingerprint density at radius 2 is 2.00 bits per heavy atom. The predicted molar refractivity (Wildman–Crippen MR) is 103 cm³/mol. The molecule has 0 spiro atoms. The normalized spacial score (nSPS) is 30.4. The Labute approximate surface area is 163 Å². The summed E-state index contributed by atoms with van der Waals surface area (Å²) >= 11 is 0. The molecule has 28 heavy (non-hydrogen) atoms. The molecule has 7 nitrogen and oxygen atoms in total. The second-order valence-electron chi connectivity index (χ2n) is 9.16. The lowest BCUT2D eigenvalue weighted by molar-refractivity contribution is -0.226. The molecule has 1 atom stereocenters. The molecule has 4 fully saturated rings. The Balaban J connectivity index is 1.39. The van der Waals surface area contributed by atoms with Crippen molar-refractivity contribution in [3.8, 4) is 11.5 Å². The highest BCUT2D eigenvalue weighted by Gasteiger charge is 2.72. The monoisotopic (exact) mass is 378 g/mol. The summed E-state index contributed by atoms with van der Waals surface area (Å²) in [4.78, 5) is 9.30. The van der Waals surface area contributed by atoms with E-state index in [1.807, 2.05) is 19.2 Å². The predicted octanol–water partition coefficient (Wildman–Crippen LogP) is 3.50. The largest absolute Gasteiger partial charge is 0.385 e. The van der Waals surface area contributed by atoms with Crippen LogP contribution < -0.4 is 0 Å². The lowest BCUT2D eigenvalue weighted by atomic mass is 9.35. The van der Waals surface area contributed by atoms with Crippen LogP contribution in [-0.4, -0.2) is 34.5 Å². The number of hydrogen-bond acceptors (Lipinski definition) is 5. The first-order valence-electron chi connectivity index (χ1n) is 10.6. The third-order valence-electron chi connectivity index (χ3n) is 7.57. The Bertz CT molecular complexity index is 1030. The first-order chi connectivity index (χ1) is 13.6. The average Bonchev–Trinajstić information content (AvgIpc) is 3.39. The van der Waals surface area contributed by atoms with E-state index >= 15 is 0 Å². The summed E-state index contributed by atoms with van der Waals surface area (Å²) in [6.07, 6.45) is 14.5. The molecule has 0 amide bonds. The molecule has 1 N–H and O–H groups in total. The Morgan fingerprint density at radius 1 is 1.21 bits per heavy atom. The maximum atomic E-state index is 10.7. The van der Waals surface area contributed by atoms with Gasteiger partial charge < -0.3 is 5.11 Å². The zero-order chi connectivity index (χ0) is 18.9. The van der Waals surface area contributed by atoms with Gasteiger partial charge in [0, 0.05) is 12.4 Å². The van der Waals surface area contributed by atoms with Crippen LogP contribution in [0.15, 0.2) is 24.7 Å². The molecule has 7 heteroatoms. The molecular formula is C21H26N6O. The SMILES string of the molecule is CCC(O)c1nc(-c2nccn3nccc23)nn1C12CC(C3CCCC3)(C1)C2. The lowest BCUT2D eigenvalue weighted by Crippen LogP contribution is -2.70. The quantitative estimate of drug-likeness (QED) is 0.735. The van der Waals surface area contributed by atoms with Crippen molar-refractivity contribution in [1.29, 1.82) is 0 Å². The summed E-state index contributed by atoms with van der Waals surface area (Å²) < 4.78 is 3.85. The van der Waals surface area contributed by atoms with Gasteiger partial charge in [-0.2, -0.15) is 5.10 Å². The van der Waals surface area contributed by atoms with Gasteiger partial charge in [-0.05, 0) is 55.9 Å². The molecule has 4 aliphatic rings. The third kappa shape index (κ3) is 2.08. The summed E-state index contributed by atoms with van der Waals surface area (Å²) in [6, 6.07) is 1.93. The number of rotatable bonds is 5. The first-order valence-corrected chi connectivity index (χ1v) is 10.6. The van der Waals surface area contributed by atoms with Crippen molar-refractivity contribution >= 4 is 5.52 Å². The van der Waals surface area contributed by atoms with Crippen molar-refractivity contribution in [1.82, 2.24) is 29.4 Å². The van der Waals surface area contributed by atoms with Crippen LogP contribution in [0.1, 0.15) is 70.2 Å². The van der Waals surface area contributed by atoms with Crippen LogP contribution >= 0.6 is 0 Å². The second kappa shape index (κ2) is 5.63. The topological polar surface area (TPSA) is 81.1 Å². The molecule has 2 bridgehead atoms. The van der Waals surface area contributed by atoms with Crippen LogP contribution in [0.2, 0.25) is 0 Å². The Hall–Kier alpha value is -2.28. The fraction of sp³-hybridized carbons (Fsp3) is 0.619. The van der Waals surface area contributed by atoms with Gasteiger partial charge in [0.25, 0.3) is 0 Å². The molecule has 1 unspecified atom stereocenters. The van der Waals surface area contributed by atoms with Gasteiger partial charge in [-0.15, -0.1) is 5.10 Å². The van der Waals surface area contributed by atoms with Crippen LogP contribution in [-0.2, 0) is 5.54 Å². The number of nitrogens with zero attached hydrogens (tertiary/aromatic N) is 6. The fourth-order valence-electron chi connectivity index (χ4n) is 6.21. The van der Waals surface area contributed by atoms with E-state index in [0.717, 1.165) is 17.1 Å². The van der Waals surface area contributed by atoms with Gasteiger partial charge in [0.1, 0.15) is 11.8 Å². The van der Waals surface area contributed by atoms with Gasteiger partial charge in [-0.3, -0.25) is 0 Å². The van der Waals surface area contributed by atoms with Crippen LogP contribution in [0.5, 0.6) is 0 Å². The molecule has 4 aliphatic carbocycles. The van der Waals surface area contributed by atoms with Crippen LogP contribution in [0.4, 0.5) is 0 Å². The highest BCUT2D eigenvalue weighted by molar-refractivity contribution is 5.71. The van der Waals surface area contributed by atoms with E-state index in [0.29, 0.717) is 23.5 Å². The summed E-state index contributed by atoms with van der Waals surface area (Å²) in [6.45, 7) is 1.99. The Morgan fingerprint density at radius 3 is 2.75 bits per heavy atom. The standard InChI is InChI=1S/C21H26N6O/c1-2-16(28)19-24-18(17-15-7-8-23-26(15)10-9-22-17)25-27(19)21-11-20(12-21,13-21)14-5-3-4-6-14/h7-10,14,16,28H,2-6,11-13H2,1H3. The molecule has 146 valence electrons. The summed E-state index contributed by atoms with van der Waals surface area (Å²) in [5, 5.41) is 19.9. The van der Waals surface area contributed by atoms with Gasteiger partial charge in [0.15, 0.2) is 5.82 Å². The maximum absolute atomic E-state index is 10.7. The minimum absolute atomic E-state index is 0.0602. The zero-order valence-electron chi connectivity index (χ0n) is 16.3. The summed E-state index contributed by atoms with van der Waals surface area (Å²) in [7, 11) is 0. The van der Waals surface area contributed by atoms with Crippen molar-refractivity contribution in [3.05, 3.63) is 30.5 Å². The molecule has 3 aromatic rings. The van der Waals surface area contributed by atoms with E-state index in [1.54, 1.807) is 16.9 Å². The number of aromatic nitrogens is 6. The van der Waals surface area contributed by atoms with E-state index in [9.17, 15) is 5.11 Å². The molecule has 0 radical (unpaired) electrons. The molecule has 4 saturated carbocycles. The van der Waals surface area contributed by atoms with E-state index in [-0.39, 0.29) is 5.54 Å². The molecule has 0 aromatic carbocycles. The van der Waals surface area contributed by atoms with Gasteiger partial charge in [0.2, 0.25) is 5.82 Å². The van der Waals surface area contributed by atoms with Crippen molar-refractivity contribution in [2.45, 2.75) is 69.9 Å². The van der Waals surface area contributed by atoms with Crippen LogP contribution in [0.25, 0.3) is 17.0 Å². The zero-order valence-corrected chi connectivity index (χ0v) is 16.3. The van der Waals surface area contributed by atoms with Crippen LogP contribution in [0.3, 0.4) is 0 Å². The minimum atomic E-state index is -0.595. The van der Waals surface area contributed by atoms with Gasteiger partial charge in [-0.1, -0.05) is 19.8 Å². The van der Waals surface area contributed by atoms with E-state index in [2.05, 4.69) is 14.8 Å². The minimum Gasteiger partial charge on any atom is -0.385 e. The van der Waals surface area contributed by atoms with Gasteiger partial charge in [0.05, 0.1) is 17.3 Å². The molecule has 3 heterocycles. The molecule has 3 aromatic heterocycles. The molecule has 0 aliphatic heterocycles. The Kier molecular flexibility index (Phi) is 3.35. The maximum Gasteiger partial charge on any atom is 0.202 e.